The van der Waals surface area contributed by atoms with E-state index in [-0.39, 0.29) is 42.1 Å². The van der Waals surface area contributed by atoms with Crippen LogP contribution in [0.1, 0.15) is 43.4 Å². The summed E-state index contributed by atoms with van der Waals surface area (Å²) in [7, 11) is -2.13. The Labute approximate surface area is 239 Å². The quantitative estimate of drug-likeness (QED) is 0.305. The molecule has 214 valence electrons. The van der Waals surface area contributed by atoms with Gasteiger partial charge in [0.2, 0.25) is 21.8 Å². The van der Waals surface area contributed by atoms with Gasteiger partial charge >= 0.3 is 0 Å². The van der Waals surface area contributed by atoms with Crippen molar-refractivity contribution in [2.24, 2.45) is 5.92 Å². The lowest BCUT2D eigenvalue weighted by atomic mass is 10.0. The van der Waals surface area contributed by atoms with Crippen LogP contribution < -0.4 is 5.32 Å². The highest BCUT2D eigenvalue weighted by Gasteiger charge is 2.31. The summed E-state index contributed by atoms with van der Waals surface area (Å²) in [6.45, 7) is 7.04. The molecule has 0 spiro atoms. The van der Waals surface area contributed by atoms with Crippen molar-refractivity contribution >= 4 is 21.8 Å². The first-order chi connectivity index (χ1) is 19.1. The van der Waals surface area contributed by atoms with Gasteiger partial charge in [0.25, 0.3) is 0 Å². The fraction of sp³-hybridized carbons (Fsp3) is 0.375. The van der Waals surface area contributed by atoms with Crippen LogP contribution in [0.4, 0.5) is 0 Å². The molecule has 3 rings (SSSR count). The van der Waals surface area contributed by atoms with E-state index in [1.54, 1.807) is 35.2 Å². The van der Waals surface area contributed by atoms with Crippen LogP contribution in [0.25, 0.3) is 0 Å². The Balaban J connectivity index is 1.83. The minimum Gasteiger partial charge on any atom is -0.354 e. The van der Waals surface area contributed by atoms with Gasteiger partial charge in [0.05, 0.1) is 4.90 Å². The average Bonchev–Trinajstić information content (AvgIpc) is 2.95. The summed E-state index contributed by atoms with van der Waals surface area (Å²) in [6.07, 6.45) is 0.825. The second-order valence-corrected chi connectivity index (χ2v) is 12.6. The van der Waals surface area contributed by atoms with Crippen LogP contribution in [0, 0.1) is 12.8 Å². The third kappa shape index (κ3) is 8.76. The Morgan fingerprint density at radius 2 is 1.48 bits per heavy atom. The maximum Gasteiger partial charge on any atom is 0.243 e. The largest absolute Gasteiger partial charge is 0.354 e. The van der Waals surface area contributed by atoms with Gasteiger partial charge in [0.15, 0.2) is 0 Å². The molecule has 0 aromatic heterocycles. The first-order valence-electron chi connectivity index (χ1n) is 13.8. The van der Waals surface area contributed by atoms with Crippen molar-refractivity contribution < 1.29 is 18.0 Å². The van der Waals surface area contributed by atoms with Crippen molar-refractivity contribution in [1.82, 2.24) is 14.5 Å². The molecule has 0 heterocycles. The molecule has 1 unspecified atom stereocenters. The third-order valence-corrected chi connectivity index (χ3v) is 8.74. The van der Waals surface area contributed by atoms with Gasteiger partial charge in [-0.05, 0) is 48.1 Å². The van der Waals surface area contributed by atoms with Crippen LogP contribution in [-0.4, -0.2) is 55.6 Å². The van der Waals surface area contributed by atoms with Crippen molar-refractivity contribution in [3.63, 3.8) is 0 Å². The molecular formula is C32H41N3O4S. The Hall–Kier alpha value is -3.49. The molecule has 3 aromatic carbocycles. The average molecular weight is 564 g/mol. The molecule has 40 heavy (non-hydrogen) atoms. The molecule has 2 amide bonds. The van der Waals surface area contributed by atoms with Gasteiger partial charge in [-0.1, -0.05) is 86.6 Å². The molecule has 0 aliphatic rings. The first-order valence-corrected chi connectivity index (χ1v) is 15.2. The van der Waals surface area contributed by atoms with Crippen molar-refractivity contribution in [2.45, 2.75) is 57.5 Å². The number of aryl methyl sites for hydroxylation is 1. The number of carbonyl (C=O) groups excluding carboxylic acids is 2. The number of nitrogens with one attached hydrogen (secondary N) is 1. The van der Waals surface area contributed by atoms with Crippen LogP contribution in [0.5, 0.6) is 0 Å². The number of amides is 2. The van der Waals surface area contributed by atoms with Gasteiger partial charge in [-0.25, -0.2) is 12.7 Å². The Morgan fingerprint density at radius 1 is 0.875 bits per heavy atom. The zero-order chi connectivity index (χ0) is 29.1. The van der Waals surface area contributed by atoms with Crippen molar-refractivity contribution in [3.05, 3.63) is 102 Å². The normalized spacial score (nSPS) is 12.3. The smallest absolute Gasteiger partial charge is 0.243 e. The van der Waals surface area contributed by atoms with Crippen LogP contribution in [0.3, 0.4) is 0 Å². The van der Waals surface area contributed by atoms with Crippen LogP contribution in [0.15, 0.2) is 89.8 Å². The predicted octanol–water partition coefficient (Wildman–Crippen LogP) is 4.81. The van der Waals surface area contributed by atoms with Gasteiger partial charge in [-0.3, -0.25) is 9.59 Å². The molecule has 0 saturated carbocycles. The predicted molar refractivity (Wildman–Crippen MR) is 159 cm³/mol. The van der Waals surface area contributed by atoms with E-state index >= 15 is 0 Å². The Kier molecular flexibility index (Phi) is 11.5. The van der Waals surface area contributed by atoms with E-state index in [4.69, 9.17) is 0 Å². The summed E-state index contributed by atoms with van der Waals surface area (Å²) in [5, 5.41) is 3.03. The lowest BCUT2D eigenvalue weighted by molar-refractivity contribution is -0.141. The zero-order valence-corrected chi connectivity index (χ0v) is 24.7. The molecule has 0 aliphatic heterocycles. The van der Waals surface area contributed by atoms with E-state index in [9.17, 15) is 18.0 Å². The number of nitrogens with zero attached hydrogens (tertiary/aromatic N) is 2. The first kappa shape index (κ1) is 31.0. The van der Waals surface area contributed by atoms with Gasteiger partial charge < -0.3 is 10.2 Å². The highest BCUT2D eigenvalue weighted by Crippen LogP contribution is 2.19. The molecule has 0 aliphatic carbocycles. The van der Waals surface area contributed by atoms with E-state index < -0.39 is 16.1 Å². The SMILES string of the molecule is Cc1ccccc1CN(C(=O)CCCN(C)S(=O)(=O)c1ccccc1)C(Cc1ccccc1)C(=O)NCC(C)C. The van der Waals surface area contributed by atoms with Gasteiger partial charge in [0.1, 0.15) is 6.04 Å². The summed E-state index contributed by atoms with van der Waals surface area (Å²) < 4.78 is 27.1. The van der Waals surface area contributed by atoms with Crippen molar-refractivity contribution in [3.8, 4) is 0 Å². The summed E-state index contributed by atoms with van der Waals surface area (Å²) in [5.74, 6) is -0.110. The lowest BCUT2D eigenvalue weighted by Crippen LogP contribution is -2.51. The number of carbonyl (C=O) groups is 2. The lowest BCUT2D eigenvalue weighted by Gasteiger charge is -2.32. The Bertz CT molecular complexity index is 1340. The van der Waals surface area contributed by atoms with E-state index in [1.807, 2.05) is 75.4 Å². The minimum atomic E-state index is -3.65. The highest BCUT2D eigenvalue weighted by atomic mass is 32.2. The number of hydrogen-bond donors (Lipinski definition) is 1. The zero-order valence-electron chi connectivity index (χ0n) is 23.9. The van der Waals surface area contributed by atoms with E-state index in [2.05, 4.69) is 5.32 Å². The van der Waals surface area contributed by atoms with E-state index in [1.165, 1.54) is 11.4 Å². The highest BCUT2D eigenvalue weighted by molar-refractivity contribution is 7.89. The van der Waals surface area contributed by atoms with Crippen molar-refractivity contribution in [1.29, 1.82) is 0 Å². The molecule has 3 aromatic rings. The molecule has 0 radical (unpaired) electrons. The second-order valence-electron chi connectivity index (χ2n) is 10.5. The molecule has 0 fully saturated rings. The third-order valence-electron chi connectivity index (χ3n) is 6.87. The number of benzene rings is 3. The van der Waals surface area contributed by atoms with Crippen LogP contribution >= 0.6 is 0 Å². The maximum atomic E-state index is 13.8. The fourth-order valence-corrected chi connectivity index (χ4v) is 5.67. The van der Waals surface area contributed by atoms with Crippen LogP contribution in [0.2, 0.25) is 0 Å². The summed E-state index contributed by atoms with van der Waals surface area (Å²) in [4.78, 5) is 29.2. The topological polar surface area (TPSA) is 86.8 Å². The maximum absolute atomic E-state index is 13.8. The minimum absolute atomic E-state index is 0.114. The molecular weight excluding hydrogens is 522 g/mol. The standard InChI is InChI=1S/C32H41N3O4S/c1-25(2)23-33-32(37)30(22-27-15-7-5-8-16-27)35(24-28-17-12-11-14-26(28)3)31(36)20-13-21-34(4)40(38,39)29-18-9-6-10-19-29/h5-12,14-19,25,30H,13,20-24H2,1-4H3,(H,33,37). The molecule has 1 N–H and O–H groups in total. The van der Waals surface area contributed by atoms with Gasteiger partial charge in [-0.15, -0.1) is 0 Å². The number of rotatable bonds is 14. The molecule has 7 nitrogen and oxygen atoms in total. The van der Waals surface area contributed by atoms with Gasteiger partial charge in [-0.2, -0.15) is 0 Å². The fourth-order valence-electron chi connectivity index (χ4n) is 4.44. The monoisotopic (exact) mass is 563 g/mol. The Morgan fingerprint density at radius 3 is 2.10 bits per heavy atom. The van der Waals surface area contributed by atoms with Crippen molar-refractivity contribution in [2.75, 3.05) is 20.1 Å². The van der Waals surface area contributed by atoms with Crippen LogP contribution in [-0.2, 0) is 32.6 Å². The molecule has 0 bridgehead atoms. The molecule has 1 atom stereocenters. The van der Waals surface area contributed by atoms with Gasteiger partial charge in [0, 0.05) is 39.5 Å². The number of hydrogen-bond acceptors (Lipinski definition) is 4. The summed E-state index contributed by atoms with van der Waals surface area (Å²) in [5.41, 5.74) is 2.97. The van der Waals surface area contributed by atoms with E-state index in [0.717, 1.165) is 16.7 Å². The molecule has 0 saturated heterocycles. The molecule has 8 heteroatoms. The summed E-state index contributed by atoms with van der Waals surface area (Å²) in [6, 6.07) is 25.1. The number of sulfonamides is 1. The second kappa shape index (κ2) is 14.8. The summed E-state index contributed by atoms with van der Waals surface area (Å²) >= 11 is 0. The van der Waals surface area contributed by atoms with E-state index in [0.29, 0.717) is 19.4 Å².